The number of carbonyl (C=O) groups is 1. The number of rotatable bonds is 8. The molecule has 1 amide bonds. The Morgan fingerprint density at radius 2 is 2.11 bits per heavy atom. The van der Waals surface area contributed by atoms with E-state index in [1.807, 2.05) is 0 Å². The van der Waals surface area contributed by atoms with E-state index in [0.717, 1.165) is 12.8 Å². The topological polar surface area (TPSA) is 72.4 Å². The van der Waals surface area contributed by atoms with Crippen molar-refractivity contribution in [2.24, 2.45) is 0 Å². The quantitative estimate of drug-likeness (QED) is 0.728. The zero-order valence-corrected chi connectivity index (χ0v) is 15.4. The van der Waals surface area contributed by atoms with E-state index in [-0.39, 0.29) is 17.9 Å². The number of ether oxygens (including phenoxy) is 1. The maximum absolute atomic E-state index is 12.7. The van der Waals surface area contributed by atoms with Crippen LogP contribution in [0.25, 0.3) is 5.70 Å². The first-order valence-electron chi connectivity index (χ1n) is 8.83. The third-order valence-electron chi connectivity index (χ3n) is 4.34. The largest absolute Gasteiger partial charge is 0.435 e. The highest BCUT2D eigenvalue weighted by molar-refractivity contribution is 5.94. The average molecular weight is 389 g/mol. The third kappa shape index (κ3) is 4.76. The molecule has 0 aliphatic heterocycles. The summed E-state index contributed by atoms with van der Waals surface area (Å²) in [6.45, 7) is 1.15. The van der Waals surface area contributed by atoms with Crippen LogP contribution in [0, 0.1) is 0 Å². The van der Waals surface area contributed by atoms with Gasteiger partial charge in [0.05, 0.1) is 6.54 Å². The molecule has 2 N–H and O–H groups in total. The summed E-state index contributed by atoms with van der Waals surface area (Å²) in [6, 6.07) is 7.96. The Hall–Kier alpha value is -3.16. The van der Waals surface area contributed by atoms with E-state index in [1.54, 1.807) is 18.3 Å². The fourth-order valence-corrected chi connectivity index (χ4v) is 2.79. The second kappa shape index (κ2) is 8.24. The summed E-state index contributed by atoms with van der Waals surface area (Å²) in [5, 5.41) is 5.71. The molecule has 1 aliphatic rings. The van der Waals surface area contributed by atoms with Gasteiger partial charge in [0.25, 0.3) is 11.5 Å². The first-order valence-corrected chi connectivity index (χ1v) is 8.83. The molecule has 8 heteroatoms. The number of benzene rings is 1. The van der Waals surface area contributed by atoms with Gasteiger partial charge in [0, 0.05) is 30.5 Å². The molecule has 1 fully saturated rings. The number of nitrogens with one attached hydrogen (secondary N) is 2. The van der Waals surface area contributed by atoms with Gasteiger partial charge in [-0.25, -0.2) is 0 Å². The molecule has 2 aromatic rings. The van der Waals surface area contributed by atoms with Crippen molar-refractivity contribution < 1.29 is 18.3 Å². The van der Waals surface area contributed by atoms with Crippen LogP contribution in [-0.2, 0) is 6.54 Å². The predicted octanol–water partition coefficient (Wildman–Crippen LogP) is 2.58. The second-order valence-electron chi connectivity index (χ2n) is 6.58. The van der Waals surface area contributed by atoms with E-state index in [2.05, 4.69) is 21.9 Å². The molecular formula is C20H21F2N3O3. The number of hydrogen-bond donors (Lipinski definition) is 2. The Labute approximate surface area is 160 Å². The lowest BCUT2D eigenvalue weighted by molar-refractivity contribution is -0.0498. The molecular weight excluding hydrogens is 368 g/mol. The van der Waals surface area contributed by atoms with Crippen LogP contribution in [0.5, 0.6) is 5.75 Å². The minimum Gasteiger partial charge on any atom is -0.435 e. The van der Waals surface area contributed by atoms with Crippen LogP contribution in [0.3, 0.4) is 0 Å². The van der Waals surface area contributed by atoms with Gasteiger partial charge in [-0.15, -0.1) is 0 Å². The van der Waals surface area contributed by atoms with Crippen molar-refractivity contribution in [3.05, 3.63) is 70.2 Å². The van der Waals surface area contributed by atoms with Crippen LogP contribution in [0.2, 0.25) is 0 Å². The molecule has 0 unspecified atom stereocenters. The molecule has 0 saturated heterocycles. The Morgan fingerprint density at radius 1 is 1.36 bits per heavy atom. The summed E-state index contributed by atoms with van der Waals surface area (Å²) in [6.07, 6.45) is 3.71. The maximum atomic E-state index is 12.7. The molecule has 28 heavy (non-hydrogen) atoms. The van der Waals surface area contributed by atoms with Crippen LogP contribution >= 0.6 is 0 Å². The molecule has 1 heterocycles. The summed E-state index contributed by atoms with van der Waals surface area (Å²) in [5.74, 6) is -0.502. The van der Waals surface area contributed by atoms with Gasteiger partial charge >= 0.3 is 6.61 Å². The molecule has 1 aliphatic carbocycles. The minimum atomic E-state index is -2.93. The van der Waals surface area contributed by atoms with Crippen LogP contribution in [0.4, 0.5) is 8.78 Å². The summed E-state index contributed by atoms with van der Waals surface area (Å²) >= 11 is 0. The third-order valence-corrected chi connectivity index (χ3v) is 4.34. The average Bonchev–Trinajstić information content (AvgIpc) is 3.46. The monoisotopic (exact) mass is 389 g/mol. The first-order chi connectivity index (χ1) is 13.4. The molecule has 1 saturated carbocycles. The lowest BCUT2D eigenvalue weighted by atomic mass is 10.1. The van der Waals surface area contributed by atoms with E-state index in [9.17, 15) is 18.4 Å². The molecule has 1 aromatic carbocycles. The van der Waals surface area contributed by atoms with Crippen molar-refractivity contribution in [1.82, 2.24) is 15.2 Å². The molecule has 0 radical (unpaired) electrons. The van der Waals surface area contributed by atoms with Gasteiger partial charge in [-0.1, -0.05) is 18.7 Å². The maximum Gasteiger partial charge on any atom is 0.387 e. The van der Waals surface area contributed by atoms with Crippen molar-refractivity contribution in [2.45, 2.75) is 32.0 Å². The molecule has 148 valence electrons. The highest BCUT2D eigenvalue weighted by Crippen LogP contribution is 2.23. The van der Waals surface area contributed by atoms with Gasteiger partial charge in [0.2, 0.25) is 0 Å². The van der Waals surface area contributed by atoms with Crippen molar-refractivity contribution in [1.29, 1.82) is 0 Å². The predicted molar refractivity (Wildman–Crippen MR) is 101 cm³/mol. The van der Waals surface area contributed by atoms with Crippen molar-refractivity contribution in [3.8, 4) is 5.75 Å². The van der Waals surface area contributed by atoms with Gasteiger partial charge in [0.15, 0.2) is 0 Å². The van der Waals surface area contributed by atoms with Gasteiger partial charge in [-0.05, 0) is 36.6 Å². The Bertz CT molecular complexity index is 952. The molecule has 0 atom stereocenters. The number of hydrogen-bond acceptors (Lipinski definition) is 4. The van der Waals surface area contributed by atoms with Gasteiger partial charge in [0.1, 0.15) is 11.3 Å². The highest BCUT2D eigenvalue weighted by Gasteiger charge is 2.22. The van der Waals surface area contributed by atoms with E-state index < -0.39 is 18.1 Å². The smallest absolute Gasteiger partial charge is 0.387 e. The standard InChI is InChI=1S/C20H21F2N3O3/c1-12(24-15-6-7-15)14-9-17(18(26)23-2)19(27)25(11-14)10-13-4-3-5-16(8-13)28-20(21)22/h3-5,8-9,11,15,20,24H,1,6-7,10H2,2H3,(H,23,26). The number of amides is 1. The number of halogens is 2. The van der Waals surface area contributed by atoms with E-state index in [4.69, 9.17) is 0 Å². The number of nitrogens with zero attached hydrogens (tertiary/aromatic N) is 1. The van der Waals surface area contributed by atoms with Crippen molar-refractivity contribution in [2.75, 3.05) is 7.05 Å². The molecule has 6 nitrogen and oxygen atoms in total. The van der Waals surface area contributed by atoms with E-state index >= 15 is 0 Å². The van der Waals surface area contributed by atoms with E-state index in [1.165, 1.54) is 29.8 Å². The summed E-state index contributed by atoms with van der Waals surface area (Å²) in [4.78, 5) is 24.9. The number of aromatic nitrogens is 1. The normalized spacial score (nSPS) is 13.3. The Balaban J connectivity index is 1.95. The SMILES string of the molecule is C=C(NC1CC1)c1cc(C(=O)NC)c(=O)n(Cc2cccc(OC(F)F)c2)c1. The lowest BCUT2D eigenvalue weighted by Gasteiger charge is -2.15. The lowest BCUT2D eigenvalue weighted by Crippen LogP contribution is -2.32. The number of pyridine rings is 1. The zero-order chi connectivity index (χ0) is 20.3. The van der Waals surface area contributed by atoms with Crippen LogP contribution < -0.4 is 20.9 Å². The van der Waals surface area contributed by atoms with Gasteiger partial charge in [-0.3, -0.25) is 9.59 Å². The van der Waals surface area contributed by atoms with Gasteiger partial charge < -0.3 is 19.9 Å². The van der Waals surface area contributed by atoms with Crippen LogP contribution in [0.15, 0.2) is 47.9 Å². The summed E-state index contributed by atoms with van der Waals surface area (Å²) in [7, 11) is 1.45. The van der Waals surface area contributed by atoms with E-state index in [0.29, 0.717) is 22.9 Å². The van der Waals surface area contributed by atoms with Crippen LogP contribution in [0.1, 0.15) is 34.3 Å². The highest BCUT2D eigenvalue weighted by atomic mass is 19.3. The van der Waals surface area contributed by atoms with Crippen molar-refractivity contribution in [3.63, 3.8) is 0 Å². The van der Waals surface area contributed by atoms with Crippen LogP contribution in [-0.4, -0.2) is 30.2 Å². The Morgan fingerprint density at radius 3 is 2.75 bits per heavy atom. The summed E-state index contributed by atoms with van der Waals surface area (Å²) < 4.78 is 30.6. The fourth-order valence-electron chi connectivity index (χ4n) is 2.79. The second-order valence-corrected chi connectivity index (χ2v) is 6.58. The molecule has 1 aromatic heterocycles. The Kier molecular flexibility index (Phi) is 5.77. The number of carbonyl (C=O) groups excluding carboxylic acids is 1. The van der Waals surface area contributed by atoms with Crippen molar-refractivity contribution >= 4 is 11.6 Å². The minimum absolute atomic E-state index is 0.00281. The molecule has 0 bridgehead atoms. The first kappa shape index (κ1) is 19.6. The number of alkyl halides is 2. The fraction of sp³-hybridized carbons (Fsp3) is 0.300. The summed E-state index contributed by atoms with van der Waals surface area (Å²) in [5.41, 5.74) is 1.32. The molecule has 0 spiro atoms. The molecule has 3 rings (SSSR count). The van der Waals surface area contributed by atoms with Gasteiger partial charge in [-0.2, -0.15) is 8.78 Å². The zero-order valence-electron chi connectivity index (χ0n) is 15.4.